The van der Waals surface area contributed by atoms with Gasteiger partial charge >= 0.3 is 0 Å². The number of aryl methyl sites for hydroxylation is 1. The van der Waals surface area contributed by atoms with Crippen molar-refractivity contribution in [2.75, 3.05) is 0 Å². The van der Waals surface area contributed by atoms with E-state index in [1.165, 1.54) is 6.07 Å². The summed E-state index contributed by atoms with van der Waals surface area (Å²) >= 11 is 0. The van der Waals surface area contributed by atoms with Gasteiger partial charge in [0, 0.05) is 18.0 Å². The summed E-state index contributed by atoms with van der Waals surface area (Å²) in [6, 6.07) is 14.6. The highest BCUT2D eigenvalue weighted by molar-refractivity contribution is 5.84. The summed E-state index contributed by atoms with van der Waals surface area (Å²) in [6.45, 7) is 10.4. The largest absolute Gasteiger partial charge is 0.337 e. The minimum absolute atomic E-state index is 0.0277. The highest BCUT2D eigenvalue weighted by Crippen LogP contribution is 2.29. The zero-order valence-electron chi connectivity index (χ0n) is 17.3. The molecule has 4 rings (SSSR count). The summed E-state index contributed by atoms with van der Waals surface area (Å²) in [5.74, 6) is 0.532. The maximum Gasteiger partial charge on any atom is 0.156 e. The molecule has 2 aromatic heterocycles. The maximum atomic E-state index is 14.1. The average Bonchev–Trinajstić information content (AvgIpc) is 3.26. The van der Waals surface area contributed by atoms with Crippen molar-refractivity contribution in [3.8, 4) is 22.6 Å². The molecule has 4 nitrogen and oxygen atoms in total. The van der Waals surface area contributed by atoms with E-state index in [4.69, 9.17) is 0 Å². The van der Waals surface area contributed by atoms with Gasteiger partial charge in [0.25, 0.3) is 0 Å². The van der Waals surface area contributed by atoms with E-state index in [0.717, 1.165) is 33.8 Å². The number of halogens is 1. The lowest BCUT2D eigenvalue weighted by Crippen LogP contribution is -2.12. The van der Waals surface area contributed by atoms with Crippen LogP contribution in [0.1, 0.15) is 40.3 Å². The fraction of sp³-hybridized carbons (Fsp3) is 0.304. The fourth-order valence-corrected chi connectivity index (χ4v) is 3.05. The van der Waals surface area contributed by atoms with Gasteiger partial charge in [-0.2, -0.15) is 5.10 Å². The van der Waals surface area contributed by atoms with Crippen LogP contribution < -0.4 is 0 Å². The number of hydrogen-bond acceptors (Lipinski definition) is 2. The molecule has 4 aromatic rings. The van der Waals surface area contributed by atoms with Gasteiger partial charge in [-0.25, -0.2) is 9.37 Å². The summed E-state index contributed by atoms with van der Waals surface area (Å²) in [5, 5.41) is 4.61. The van der Waals surface area contributed by atoms with Crippen LogP contribution >= 0.6 is 0 Å². The number of aromatic amines is 1. The van der Waals surface area contributed by atoms with Crippen molar-refractivity contribution in [3.63, 3.8) is 0 Å². The number of benzene rings is 2. The van der Waals surface area contributed by atoms with Crippen LogP contribution in [0.25, 0.3) is 33.7 Å². The summed E-state index contributed by atoms with van der Waals surface area (Å²) in [6.07, 6.45) is 0. The average molecular weight is 378 g/mol. The molecule has 146 valence electrons. The molecule has 2 aromatic carbocycles. The third-order valence-corrected chi connectivity index (χ3v) is 4.56. The Bertz CT molecular complexity index is 1100. The van der Waals surface area contributed by atoms with Crippen LogP contribution in [0, 0.1) is 5.82 Å². The Morgan fingerprint density at radius 3 is 2.36 bits per heavy atom. The Hall–Kier alpha value is -2.95. The molecule has 0 bridgehead atoms. The van der Waals surface area contributed by atoms with Gasteiger partial charge < -0.3 is 4.98 Å². The summed E-state index contributed by atoms with van der Waals surface area (Å²) < 4.78 is 15.9. The lowest BCUT2D eigenvalue weighted by Gasteiger charge is -2.13. The zero-order valence-corrected chi connectivity index (χ0v) is 17.3. The van der Waals surface area contributed by atoms with Crippen LogP contribution in [0.3, 0.4) is 0 Å². The highest BCUT2D eigenvalue weighted by Gasteiger charge is 2.20. The second-order valence-electron chi connectivity index (χ2n) is 7.59. The summed E-state index contributed by atoms with van der Waals surface area (Å²) in [7, 11) is 1.92. The Balaban J connectivity index is 0.00000109. The first-order valence-corrected chi connectivity index (χ1v) is 9.62. The smallest absolute Gasteiger partial charge is 0.156 e. The molecule has 0 saturated carbocycles. The van der Waals surface area contributed by atoms with Gasteiger partial charge in [0.1, 0.15) is 11.5 Å². The van der Waals surface area contributed by atoms with Crippen LogP contribution in [-0.4, -0.2) is 19.7 Å². The number of H-pyrrole nitrogens is 1. The number of rotatable bonds is 2. The molecule has 2 heterocycles. The maximum absolute atomic E-state index is 14.1. The topological polar surface area (TPSA) is 46.5 Å². The molecule has 0 unspecified atom stereocenters. The third kappa shape index (κ3) is 3.70. The minimum atomic E-state index is -0.229. The number of nitrogens with one attached hydrogen (secondary N) is 1. The Morgan fingerprint density at radius 1 is 1.00 bits per heavy atom. The van der Waals surface area contributed by atoms with E-state index in [0.29, 0.717) is 5.56 Å². The SMILES string of the molecule is CC.Cn1nc(C(C)(C)C)cc1-c1nc2ccc(-c3ccccc3F)cc2[nH]1. The molecule has 5 heteroatoms. The highest BCUT2D eigenvalue weighted by atomic mass is 19.1. The number of aromatic nitrogens is 4. The van der Waals surface area contributed by atoms with E-state index < -0.39 is 0 Å². The molecule has 1 N–H and O–H groups in total. The van der Waals surface area contributed by atoms with Crippen LogP contribution in [-0.2, 0) is 12.5 Å². The quantitative estimate of drug-likeness (QED) is 0.458. The molecule has 0 amide bonds. The molecule has 0 saturated heterocycles. The van der Waals surface area contributed by atoms with Crippen molar-refractivity contribution in [1.29, 1.82) is 0 Å². The van der Waals surface area contributed by atoms with Gasteiger partial charge in [-0.3, -0.25) is 4.68 Å². The number of nitrogens with zero attached hydrogens (tertiary/aromatic N) is 3. The molecule has 0 aliphatic heterocycles. The van der Waals surface area contributed by atoms with E-state index in [1.54, 1.807) is 12.1 Å². The lowest BCUT2D eigenvalue weighted by molar-refractivity contribution is 0.553. The standard InChI is InChI=1S/C21H21FN4.C2H6/c1-21(2,3)19-12-18(26(4)25-19)20-23-16-10-9-13(11-17(16)24-20)14-7-5-6-8-15(14)22;1-2/h5-12H,1-4H3,(H,23,24);1-2H3. The van der Waals surface area contributed by atoms with E-state index >= 15 is 0 Å². The Kier molecular flexibility index (Phi) is 5.36. The number of imidazole rings is 1. The Labute approximate surface area is 165 Å². The van der Waals surface area contributed by atoms with Crippen LogP contribution in [0.15, 0.2) is 48.5 Å². The molecule has 0 aliphatic carbocycles. The number of fused-ring (bicyclic) bond motifs is 1. The molecular formula is C23H27FN4. The first kappa shape index (κ1) is 19.8. The predicted octanol–water partition coefficient (Wildman–Crippen LogP) is 6.09. The second-order valence-corrected chi connectivity index (χ2v) is 7.59. The first-order valence-electron chi connectivity index (χ1n) is 9.62. The van der Waals surface area contributed by atoms with Crippen molar-refractivity contribution in [2.45, 2.75) is 40.0 Å². The van der Waals surface area contributed by atoms with Crippen LogP contribution in [0.4, 0.5) is 4.39 Å². The van der Waals surface area contributed by atoms with Crippen molar-refractivity contribution >= 4 is 11.0 Å². The van der Waals surface area contributed by atoms with Gasteiger partial charge in [-0.15, -0.1) is 0 Å². The molecule has 0 fully saturated rings. The molecule has 0 radical (unpaired) electrons. The summed E-state index contributed by atoms with van der Waals surface area (Å²) in [4.78, 5) is 8.04. The zero-order chi connectivity index (χ0) is 20.5. The van der Waals surface area contributed by atoms with Gasteiger partial charge in [0.15, 0.2) is 5.82 Å². The lowest BCUT2D eigenvalue weighted by atomic mass is 9.92. The van der Waals surface area contributed by atoms with Crippen molar-refractivity contribution < 1.29 is 4.39 Å². The summed E-state index contributed by atoms with van der Waals surface area (Å²) in [5.41, 5.74) is 5.05. The molecule has 0 aliphatic rings. The monoisotopic (exact) mass is 378 g/mol. The van der Waals surface area contributed by atoms with Crippen molar-refractivity contribution in [2.24, 2.45) is 7.05 Å². The third-order valence-electron chi connectivity index (χ3n) is 4.56. The normalized spacial score (nSPS) is 11.4. The van der Waals surface area contributed by atoms with Gasteiger partial charge in [0.2, 0.25) is 0 Å². The van der Waals surface area contributed by atoms with Crippen molar-refractivity contribution in [1.82, 2.24) is 19.7 Å². The molecular weight excluding hydrogens is 351 g/mol. The molecule has 0 atom stereocenters. The van der Waals surface area contributed by atoms with E-state index in [2.05, 4.69) is 41.9 Å². The second kappa shape index (κ2) is 7.58. The molecule has 0 spiro atoms. The van der Waals surface area contributed by atoms with Gasteiger partial charge in [-0.1, -0.05) is 58.9 Å². The van der Waals surface area contributed by atoms with Gasteiger partial charge in [0.05, 0.1) is 16.7 Å². The Morgan fingerprint density at radius 2 is 1.71 bits per heavy atom. The minimum Gasteiger partial charge on any atom is -0.337 e. The van der Waals surface area contributed by atoms with E-state index in [1.807, 2.05) is 49.8 Å². The van der Waals surface area contributed by atoms with Crippen molar-refractivity contribution in [3.05, 3.63) is 60.0 Å². The van der Waals surface area contributed by atoms with Crippen LogP contribution in [0.5, 0.6) is 0 Å². The van der Waals surface area contributed by atoms with E-state index in [9.17, 15) is 4.39 Å². The van der Waals surface area contributed by atoms with Crippen LogP contribution in [0.2, 0.25) is 0 Å². The molecule has 28 heavy (non-hydrogen) atoms. The first-order chi connectivity index (χ1) is 13.3. The number of hydrogen-bond donors (Lipinski definition) is 1. The fourth-order valence-electron chi connectivity index (χ4n) is 3.05. The van der Waals surface area contributed by atoms with E-state index in [-0.39, 0.29) is 11.2 Å². The predicted molar refractivity (Wildman–Crippen MR) is 114 cm³/mol. The van der Waals surface area contributed by atoms with Gasteiger partial charge in [-0.05, 0) is 29.8 Å².